The van der Waals surface area contributed by atoms with Crippen LogP contribution in [0, 0.1) is 13.8 Å². The van der Waals surface area contributed by atoms with Gasteiger partial charge in [0.05, 0.1) is 12.6 Å². The second-order valence-electron chi connectivity index (χ2n) is 3.59. The molecule has 0 spiro atoms. The molecule has 1 rings (SSSR count). The fourth-order valence-corrected chi connectivity index (χ4v) is 2.54. The Balaban J connectivity index is 2.55. The summed E-state index contributed by atoms with van der Waals surface area (Å²) in [5, 5.41) is 11.2. The highest BCUT2D eigenvalue weighted by Crippen LogP contribution is 2.25. The third kappa shape index (κ3) is 3.50. The summed E-state index contributed by atoms with van der Waals surface area (Å²) in [5.41, 5.74) is 1.11. The molecule has 0 aliphatic rings. The largest absolute Gasteiger partial charge is 0.447 e. The van der Waals surface area contributed by atoms with E-state index in [9.17, 15) is 4.79 Å². The van der Waals surface area contributed by atoms with Gasteiger partial charge in [0.1, 0.15) is 6.61 Å². The maximum Gasteiger partial charge on any atom is 0.407 e. The summed E-state index contributed by atoms with van der Waals surface area (Å²) in [6.45, 7) is 5.86. The highest BCUT2D eigenvalue weighted by atomic mass is 32.1. The highest BCUT2D eigenvalue weighted by Gasteiger charge is 2.14. The van der Waals surface area contributed by atoms with E-state index in [0.29, 0.717) is 0 Å². The van der Waals surface area contributed by atoms with E-state index < -0.39 is 6.09 Å². The topological polar surface area (TPSA) is 58.6 Å². The van der Waals surface area contributed by atoms with Crippen LogP contribution in [0.1, 0.15) is 28.3 Å². The Labute approximate surface area is 99.2 Å². The number of amides is 1. The summed E-state index contributed by atoms with van der Waals surface area (Å²) < 4.78 is 4.73. The fourth-order valence-electron chi connectivity index (χ4n) is 1.51. The van der Waals surface area contributed by atoms with Crippen LogP contribution < -0.4 is 5.32 Å². The molecule has 0 saturated carbocycles. The van der Waals surface area contributed by atoms with Crippen molar-refractivity contribution < 1.29 is 14.6 Å². The van der Waals surface area contributed by atoms with Crippen LogP contribution in [0.5, 0.6) is 0 Å². The predicted octanol–water partition coefficient (Wildman–Crippen LogP) is 2.14. The molecule has 1 unspecified atom stereocenters. The van der Waals surface area contributed by atoms with Crippen LogP contribution in [0.3, 0.4) is 0 Å². The number of ether oxygens (including phenoxy) is 1. The third-order valence-corrected chi connectivity index (χ3v) is 3.19. The van der Waals surface area contributed by atoms with Crippen LogP contribution in [0.15, 0.2) is 6.07 Å². The first-order valence-corrected chi connectivity index (χ1v) is 5.97. The lowest BCUT2D eigenvalue weighted by molar-refractivity contribution is 0.116. The van der Waals surface area contributed by atoms with Crippen LogP contribution in [-0.4, -0.2) is 24.4 Å². The monoisotopic (exact) mass is 243 g/mol. The molecule has 0 fully saturated rings. The number of aliphatic hydroxyl groups excluding tert-OH is 1. The van der Waals surface area contributed by atoms with Gasteiger partial charge in [-0.3, -0.25) is 0 Å². The van der Waals surface area contributed by atoms with E-state index in [0.717, 1.165) is 5.56 Å². The van der Waals surface area contributed by atoms with E-state index >= 15 is 0 Å². The molecule has 0 radical (unpaired) electrons. The Kier molecular flexibility index (Phi) is 4.76. The number of aliphatic hydroxyl groups is 1. The quantitative estimate of drug-likeness (QED) is 0.851. The molecule has 0 saturated heterocycles. The average Bonchev–Trinajstić information content (AvgIpc) is 2.54. The molecule has 0 aliphatic carbocycles. The van der Waals surface area contributed by atoms with E-state index in [2.05, 4.69) is 11.4 Å². The Morgan fingerprint density at radius 3 is 2.81 bits per heavy atom. The van der Waals surface area contributed by atoms with Gasteiger partial charge in [-0.1, -0.05) is 0 Å². The summed E-state index contributed by atoms with van der Waals surface area (Å²) >= 11 is 1.71. The van der Waals surface area contributed by atoms with E-state index in [4.69, 9.17) is 9.84 Å². The number of rotatable bonds is 4. The van der Waals surface area contributed by atoms with Gasteiger partial charge < -0.3 is 15.2 Å². The van der Waals surface area contributed by atoms with Crippen LogP contribution in [0.4, 0.5) is 4.79 Å². The molecule has 1 aromatic heterocycles. The lowest BCUT2D eigenvalue weighted by atomic mass is 10.1. The molecule has 16 heavy (non-hydrogen) atoms. The zero-order chi connectivity index (χ0) is 12.1. The molecular weight excluding hydrogens is 226 g/mol. The van der Waals surface area contributed by atoms with Crippen molar-refractivity contribution in [3.05, 3.63) is 21.4 Å². The molecule has 0 aromatic carbocycles. The number of carbonyl (C=O) groups is 1. The van der Waals surface area contributed by atoms with Crippen molar-refractivity contribution in [1.29, 1.82) is 0 Å². The number of thiophene rings is 1. The lowest BCUT2D eigenvalue weighted by Gasteiger charge is -2.13. The van der Waals surface area contributed by atoms with Crippen molar-refractivity contribution in [2.75, 3.05) is 13.2 Å². The maximum absolute atomic E-state index is 11.3. The molecule has 90 valence electrons. The van der Waals surface area contributed by atoms with Gasteiger partial charge in [-0.25, -0.2) is 4.79 Å². The van der Waals surface area contributed by atoms with Gasteiger partial charge in [0, 0.05) is 9.75 Å². The van der Waals surface area contributed by atoms with E-state index in [1.165, 1.54) is 9.75 Å². The van der Waals surface area contributed by atoms with Gasteiger partial charge in [0.25, 0.3) is 0 Å². The number of aryl methyl sites for hydroxylation is 2. The van der Waals surface area contributed by atoms with Gasteiger partial charge in [-0.05, 0) is 32.4 Å². The second kappa shape index (κ2) is 5.86. The number of carbonyl (C=O) groups excluding carboxylic acids is 1. The third-order valence-electron chi connectivity index (χ3n) is 2.20. The minimum absolute atomic E-state index is 0.0280. The van der Waals surface area contributed by atoms with Gasteiger partial charge in [0.15, 0.2) is 0 Å². The first-order valence-electron chi connectivity index (χ1n) is 5.15. The normalized spacial score (nSPS) is 12.2. The van der Waals surface area contributed by atoms with Crippen molar-refractivity contribution in [3.8, 4) is 0 Å². The molecule has 1 aromatic rings. The standard InChI is InChI=1S/C11H17NO3S/c1-7-6-10(9(3)16-7)8(2)12-11(14)15-5-4-13/h6,8,13H,4-5H2,1-3H3,(H,12,14). The molecule has 1 amide bonds. The summed E-state index contributed by atoms with van der Waals surface area (Å²) in [6.07, 6.45) is -0.496. The Hall–Kier alpha value is -1.07. The number of alkyl carbamates (subject to hydrolysis) is 1. The molecule has 0 bridgehead atoms. The summed E-state index contributed by atoms with van der Waals surface area (Å²) in [5.74, 6) is 0. The van der Waals surface area contributed by atoms with Crippen LogP contribution in [0.2, 0.25) is 0 Å². The van der Waals surface area contributed by atoms with Crippen LogP contribution >= 0.6 is 11.3 Å². The van der Waals surface area contributed by atoms with Crippen molar-refractivity contribution in [2.24, 2.45) is 0 Å². The highest BCUT2D eigenvalue weighted by molar-refractivity contribution is 7.12. The molecular formula is C11H17NO3S. The Morgan fingerprint density at radius 2 is 2.31 bits per heavy atom. The first kappa shape index (κ1) is 13.0. The molecule has 4 nitrogen and oxygen atoms in total. The molecule has 5 heteroatoms. The van der Waals surface area contributed by atoms with Gasteiger partial charge in [-0.2, -0.15) is 0 Å². The first-order chi connectivity index (χ1) is 7.54. The van der Waals surface area contributed by atoms with Crippen LogP contribution in [-0.2, 0) is 4.74 Å². The summed E-state index contributed by atoms with van der Waals surface area (Å²) in [6, 6.07) is 1.99. The fraction of sp³-hybridized carbons (Fsp3) is 0.545. The summed E-state index contributed by atoms with van der Waals surface area (Å²) in [7, 11) is 0. The Morgan fingerprint density at radius 1 is 1.62 bits per heavy atom. The second-order valence-corrected chi connectivity index (χ2v) is 5.05. The zero-order valence-electron chi connectivity index (χ0n) is 9.74. The van der Waals surface area contributed by atoms with Crippen molar-refractivity contribution in [3.63, 3.8) is 0 Å². The summed E-state index contributed by atoms with van der Waals surface area (Å²) in [4.78, 5) is 13.7. The van der Waals surface area contributed by atoms with Gasteiger partial charge in [0.2, 0.25) is 0 Å². The van der Waals surface area contributed by atoms with E-state index in [1.54, 1.807) is 11.3 Å². The average molecular weight is 243 g/mol. The van der Waals surface area contributed by atoms with Crippen molar-refractivity contribution in [1.82, 2.24) is 5.32 Å². The molecule has 2 N–H and O–H groups in total. The smallest absolute Gasteiger partial charge is 0.407 e. The minimum atomic E-state index is -0.496. The van der Waals surface area contributed by atoms with E-state index in [1.807, 2.05) is 20.8 Å². The maximum atomic E-state index is 11.3. The van der Waals surface area contributed by atoms with Crippen molar-refractivity contribution in [2.45, 2.75) is 26.8 Å². The number of nitrogens with one attached hydrogen (secondary N) is 1. The lowest BCUT2D eigenvalue weighted by Crippen LogP contribution is -2.28. The SMILES string of the molecule is Cc1cc(C(C)NC(=O)OCCO)c(C)s1. The van der Waals surface area contributed by atoms with Gasteiger partial charge in [-0.15, -0.1) is 11.3 Å². The van der Waals surface area contributed by atoms with E-state index in [-0.39, 0.29) is 19.3 Å². The number of hydrogen-bond acceptors (Lipinski definition) is 4. The zero-order valence-corrected chi connectivity index (χ0v) is 10.6. The Bertz CT molecular complexity index is 362. The van der Waals surface area contributed by atoms with Crippen LogP contribution in [0.25, 0.3) is 0 Å². The minimum Gasteiger partial charge on any atom is -0.447 e. The molecule has 1 heterocycles. The molecule has 0 aliphatic heterocycles. The molecule has 1 atom stereocenters. The predicted molar refractivity (Wildman–Crippen MR) is 63.8 cm³/mol. The van der Waals surface area contributed by atoms with Gasteiger partial charge >= 0.3 is 6.09 Å². The van der Waals surface area contributed by atoms with Crippen molar-refractivity contribution >= 4 is 17.4 Å². The number of hydrogen-bond donors (Lipinski definition) is 2.